The normalized spacial score (nSPS) is 25.1. The molecule has 0 amide bonds. The molecule has 0 spiro atoms. The Kier molecular flexibility index (Phi) is 8.63. The van der Waals surface area contributed by atoms with Gasteiger partial charge in [-0.05, 0) is 39.8 Å². The number of anilines is 1. The van der Waals surface area contributed by atoms with Crippen LogP contribution in [0.25, 0.3) is 11.2 Å². The molecule has 4 rings (SSSR count). The third kappa shape index (κ3) is 6.19. The Balaban J connectivity index is 1.56. The summed E-state index contributed by atoms with van der Waals surface area (Å²) in [6.45, 7) is 6.02. The Bertz CT molecular complexity index is 1390. The van der Waals surface area contributed by atoms with Crippen LogP contribution in [0.2, 0.25) is 0 Å². The van der Waals surface area contributed by atoms with Gasteiger partial charge in [-0.25, -0.2) is 9.55 Å². The number of nitrogen functional groups attached to an aromatic ring is 1. The van der Waals surface area contributed by atoms with Gasteiger partial charge in [0.2, 0.25) is 11.8 Å². The van der Waals surface area contributed by atoms with Crippen LogP contribution < -0.4 is 25.8 Å². The maximum Gasteiger partial charge on any atom is 0.459 e. The van der Waals surface area contributed by atoms with Crippen LogP contribution >= 0.6 is 7.75 Å². The summed E-state index contributed by atoms with van der Waals surface area (Å²) in [5.41, 5.74) is 11.6. The van der Waals surface area contributed by atoms with Crippen molar-refractivity contribution >= 4 is 30.8 Å². The standard InChI is InChI=1S/C24H34N7O8P/c1-13(2)37-21(33)14(3)30-40(34,39-15-9-7-6-8-10-15)36-11-16-18(32)24(4,26)22(38-16)31-12-27-17-19(31)28-23(25)29-20(17)35-5/h6-10,12-14,16,18,22,32H,11,26H2,1-5H3,(H,30,34)(H2,25,28,29)/t14-,16+,18?,22+,24+,40?/m0/s1. The molecular weight excluding hydrogens is 545 g/mol. The number of imidazole rings is 1. The van der Waals surface area contributed by atoms with Gasteiger partial charge in [0.05, 0.1) is 31.7 Å². The number of nitrogens with two attached hydrogens (primary N) is 2. The first-order valence-corrected chi connectivity index (χ1v) is 14.0. The topological polar surface area (TPSA) is 208 Å². The lowest BCUT2D eigenvalue weighted by atomic mass is 9.93. The van der Waals surface area contributed by atoms with Gasteiger partial charge in [-0.15, -0.1) is 0 Å². The Morgan fingerprint density at radius 3 is 2.62 bits per heavy atom. The number of hydrogen-bond donors (Lipinski definition) is 4. The molecule has 2 aromatic heterocycles. The van der Waals surface area contributed by atoms with Crippen molar-refractivity contribution in [2.75, 3.05) is 19.5 Å². The number of aromatic nitrogens is 4. The third-order valence-corrected chi connectivity index (χ3v) is 7.76. The van der Waals surface area contributed by atoms with Crippen molar-refractivity contribution in [3.8, 4) is 11.6 Å². The molecule has 40 heavy (non-hydrogen) atoms. The first-order valence-electron chi connectivity index (χ1n) is 12.5. The number of aliphatic hydroxyl groups excluding tert-OH is 1. The Labute approximate surface area is 230 Å². The van der Waals surface area contributed by atoms with Crippen LogP contribution in [0.1, 0.15) is 33.9 Å². The number of nitrogens with one attached hydrogen (secondary N) is 1. The van der Waals surface area contributed by atoms with Gasteiger partial charge in [0.1, 0.15) is 24.0 Å². The molecule has 0 radical (unpaired) electrons. The SMILES string of the molecule is COc1nc(N)nc2c1ncn2[C@@H]1O[C@H](COP(=O)(N[C@@H](C)C(=O)OC(C)C)Oc2ccccc2)C(O)[C@@]1(C)N. The van der Waals surface area contributed by atoms with E-state index in [1.165, 1.54) is 24.9 Å². The minimum atomic E-state index is -4.21. The van der Waals surface area contributed by atoms with Gasteiger partial charge >= 0.3 is 13.7 Å². The van der Waals surface area contributed by atoms with E-state index < -0.39 is 50.3 Å². The quantitative estimate of drug-likeness (QED) is 0.188. The number of esters is 1. The number of carbonyl (C=O) groups excluding carboxylic acids is 1. The van der Waals surface area contributed by atoms with Crippen LogP contribution in [0.3, 0.4) is 0 Å². The molecule has 1 aromatic carbocycles. The summed E-state index contributed by atoms with van der Waals surface area (Å²) < 4.78 is 43.2. The number of benzene rings is 1. The molecule has 2 unspecified atom stereocenters. The van der Waals surface area contributed by atoms with E-state index in [1.54, 1.807) is 51.1 Å². The molecule has 6 N–H and O–H groups in total. The Morgan fingerprint density at radius 2 is 1.98 bits per heavy atom. The van der Waals surface area contributed by atoms with Crippen LogP contribution in [-0.4, -0.2) is 74.2 Å². The number of ether oxygens (including phenoxy) is 3. The van der Waals surface area contributed by atoms with E-state index >= 15 is 0 Å². The van der Waals surface area contributed by atoms with Gasteiger partial charge in [0.15, 0.2) is 17.4 Å². The second-order valence-corrected chi connectivity index (χ2v) is 11.5. The van der Waals surface area contributed by atoms with Crippen LogP contribution in [0.15, 0.2) is 36.7 Å². The lowest BCUT2D eigenvalue weighted by molar-refractivity contribution is -0.149. The van der Waals surface area contributed by atoms with Gasteiger partial charge in [0, 0.05) is 0 Å². The van der Waals surface area contributed by atoms with Crippen LogP contribution in [0.4, 0.5) is 5.95 Å². The molecule has 3 aromatic rings. The van der Waals surface area contributed by atoms with Crippen molar-refractivity contribution in [3.63, 3.8) is 0 Å². The van der Waals surface area contributed by atoms with Crippen LogP contribution in [0.5, 0.6) is 11.6 Å². The van der Waals surface area contributed by atoms with Crippen molar-refractivity contribution in [3.05, 3.63) is 36.7 Å². The predicted octanol–water partition coefficient (Wildman–Crippen LogP) is 1.53. The number of nitrogens with zero attached hydrogens (tertiary/aromatic N) is 4. The zero-order chi connectivity index (χ0) is 29.2. The summed E-state index contributed by atoms with van der Waals surface area (Å²) in [5, 5.41) is 13.7. The highest BCUT2D eigenvalue weighted by molar-refractivity contribution is 7.52. The van der Waals surface area contributed by atoms with Gasteiger partial charge in [-0.1, -0.05) is 18.2 Å². The summed E-state index contributed by atoms with van der Waals surface area (Å²) in [7, 11) is -2.79. The molecule has 0 saturated carbocycles. The molecule has 16 heteroatoms. The average molecular weight is 580 g/mol. The van der Waals surface area contributed by atoms with E-state index in [1.807, 2.05) is 0 Å². The smallest absolute Gasteiger partial charge is 0.459 e. The highest BCUT2D eigenvalue weighted by atomic mass is 31.2. The molecule has 218 valence electrons. The largest absolute Gasteiger partial charge is 0.479 e. The fourth-order valence-corrected chi connectivity index (χ4v) is 5.66. The van der Waals surface area contributed by atoms with E-state index in [0.717, 1.165) is 0 Å². The maximum absolute atomic E-state index is 13.8. The molecule has 1 aliphatic rings. The number of aliphatic hydroxyl groups is 1. The molecule has 0 bridgehead atoms. The molecule has 1 aliphatic heterocycles. The van der Waals surface area contributed by atoms with Crippen LogP contribution in [0, 0.1) is 0 Å². The summed E-state index contributed by atoms with van der Waals surface area (Å²) in [4.78, 5) is 24.9. The Morgan fingerprint density at radius 1 is 1.27 bits per heavy atom. The molecule has 15 nitrogen and oxygen atoms in total. The fourth-order valence-electron chi connectivity index (χ4n) is 4.16. The highest BCUT2D eigenvalue weighted by Gasteiger charge is 2.53. The van der Waals surface area contributed by atoms with E-state index in [9.17, 15) is 14.5 Å². The van der Waals surface area contributed by atoms with Gasteiger partial charge in [-0.3, -0.25) is 13.9 Å². The number of hydrogen-bond acceptors (Lipinski definition) is 13. The average Bonchev–Trinajstić information content (AvgIpc) is 3.40. The molecule has 3 heterocycles. The van der Waals surface area contributed by atoms with Crippen molar-refractivity contribution in [1.29, 1.82) is 0 Å². The molecule has 6 atom stereocenters. The van der Waals surface area contributed by atoms with Crippen molar-refractivity contribution < 1.29 is 37.7 Å². The first-order chi connectivity index (χ1) is 18.8. The number of carbonyl (C=O) groups is 1. The second-order valence-electron chi connectivity index (χ2n) is 9.79. The van der Waals surface area contributed by atoms with E-state index in [4.69, 9.17) is 34.7 Å². The monoisotopic (exact) mass is 579 g/mol. The highest BCUT2D eigenvalue weighted by Crippen LogP contribution is 2.47. The first kappa shape index (κ1) is 29.6. The number of rotatable bonds is 11. The number of fused-ring (bicyclic) bond motifs is 1. The number of methoxy groups -OCH3 is 1. The van der Waals surface area contributed by atoms with Crippen molar-refractivity contribution in [2.24, 2.45) is 5.73 Å². The second kappa shape index (κ2) is 11.6. The molecular formula is C24H34N7O8P. The molecule has 1 saturated heterocycles. The van der Waals surface area contributed by atoms with Crippen LogP contribution in [-0.2, 0) is 23.4 Å². The van der Waals surface area contributed by atoms with Gasteiger partial charge in [0.25, 0.3) is 0 Å². The fraction of sp³-hybridized carbons (Fsp3) is 0.500. The van der Waals surface area contributed by atoms with E-state index in [0.29, 0.717) is 5.52 Å². The van der Waals surface area contributed by atoms with E-state index in [-0.39, 0.29) is 29.3 Å². The summed E-state index contributed by atoms with van der Waals surface area (Å²) >= 11 is 0. The van der Waals surface area contributed by atoms with Gasteiger partial charge < -0.3 is 35.3 Å². The van der Waals surface area contributed by atoms with Gasteiger partial charge in [-0.2, -0.15) is 15.1 Å². The molecule has 0 aliphatic carbocycles. The summed E-state index contributed by atoms with van der Waals surface area (Å²) in [5.74, 6) is -0.314. The molecule has 1 fully saturated rings. The lowest BCUT2D eigenvalue weighted by Crippen LogP contribution is -2.52. The number of para-hydroxylation sites is 1. The van der Waals surface area contributed by atoms with Crippen molar-refractivity contribution in [1.82, 2.24) is 24.6 Å². The predicted molar refractivity (Wildman–Crippen MR) is 143 cm³/mol. The third-order valence-electron chi connectivity index (χ3n) is 6.11. The maximum atomic E-state index is 13.8. The van der Waals surface area contributed by atoms with Crippen molar-refractivity contribution in [2.45, 2.75) is 63.8 Å². The lowest BCUT2D eigenvalue weighted by Gasteiger charge is -2.28. The Hall–Kier alpha value is -3.33. The minimum Gasteiger partial charge on any atom is -0.479 e. The minimum absolute atomic E-state index is 0.0570. The zero-order valence-corrected chi connectivity index (χ0v) is 23.6. The van der Waals surface area contributed by atoms with E-state index in [2.05, 4.69) is 20.0 Å². The summed E-state index contributed by atoms with van der Waals surface area (Å²) in [6.07, 6.45) is -2.30. The zero-order valence-electron chi connectivity index (χ0n) is 22.8. The summed E-state index contributed by atoms with van der Waals surface area (Å²) in [6, 6.07) is 7.24.